The van der Waals surface area contributed by atoms with Gasteiger partial charge in [0.2, 0.25) is 0 Å². The van der Waals surface area contributed by atoms with Crippen molar-refractivity contribution in [2.24, 2.45) is 0 Å². The molecule has 2 heterocycles. The molecule has 0 saturated carbocycles. The summed E-state index contributed by atoms with van der Waals surface area (Å²) in [6, 6.07) is 7.96. The van der Waals surface area contributed by atoms with E-state index in [9.17, 15) is 9.18 Å². The summed E-state index contributed by atoms with van der Waals surface area (Å²) in [5.74, 6) is -0.381. The van der Waals surface area contributed by atoms with Crippen LogP contribution in [0.5, 0.6) is 5.75 Å². The second-order valence-corrected chi connectivity index (χ2v) is 5.31. The van der Waals surface area contributed by atoms with E-state index in [4.69, 9.17) is 9.47 Å². The van der Waals surface area contributed by atoms with Gasteiger partial charge in [0.1, 0.15) is 12.4 Å². The van der Waals surface area contributed by atoms with Crippen molar-refractivity contribution < 1.29 is 18.7 Å². The minimum Gasteiger partial charge on any atom is -0.485 e. The SMILES string of the molecule is CCOC(=O)c1cc(OCc2ccccc2F)c2nc(C)cn2c1. The molecule has 0 radical (unpaired) electrons. The normalized spacial score (nSPS) is 10.8. The van der Waals surface area contributed by atoms with Crippen LogP contribution in [0.4, 0.5) is 4.39 Å². The van der Waals surface area contributed by atoms with E-state index in [-0.39, 0.29) is 19.0 Å². The van der Waals surface area contributed by atoms with Gasteiger partial charge in [-0.15, -0.1) is 0 Å². The zero-order valence-corrected chi connectivity index (χ0v) is 13.5. The molecule has 0 aliphatic heterocycles. The molecule has 1 aromatic carbocycles. The summed E-state index contributed by atoms with van der Waals surface area (Å²) in [5.41, 5.74) is 2.13. The molecule has 124 valence electrons. The molecule has 0 unspecified atom stereocenters. The standard InChI is InChI=1S/C18H17FN2O3/c1-3-23-18(22)14-8-16(17-20-12(2)9-21(17)10-14)24-11-13-6-4-5-7-15(13)19/h4-10H,3,11H2,1-2H3. The fraction of sp³-hybridized carbons (Fsp3) is 0.222. The maximum absolute atomic E-state index is 13.7. The van der Waals surface area contributed by atoms with Gasteiger partial charge >= 0.3 is 5.97 Å². The number of benzene rings is 1. The molecule has 0 spiro atoms. The first-order valence-corrected chi connectivity index (χ1v) is 7.61. The highest BCUT2D eigenvalue weighted by Crippen LogP contribution is 2.23. The van der Waals surface area contributed by atoms with Crippen LogP contribution in [-0.2, 0) is 11.3 Å². The number of esters is 1. The molecule has 0 aliphatic carbocycles. The van der Waals surface area contributed by atoms with Crippen LogP contribution >= 0.6 is 0 Å². The predicted molar refractivity (Wildman–Crippen MR) is 86.6 cm³/mol. The molecule has 3 aromatic rings. The average molecular weight is 328 g/mol. The number of fused-ring (bicyclic) bond motifs is 1. The number of aryl methyl sites for hydroxylation is 1. The maximum Gasteiger partial charge on any atom is 0.339 e. The van der Waals surface area contributed by atoms with Crippen LogP contribution in [0.15, 0.2) is 42.7 Å². The molecule has 0 aliphatic rings. The number of imidazole rings is 1. The third-order valence-corrected chi connectivity index (χ3v) is 3.49. The molecule has 3 rings (SSSR count). The molecule has 2 aromatic heterocycles. The number of aromatic nitrogens is 2. The Kier molecular flexibility index (Phi) is 4.46. The first-order chi connectivity index (χ1) is 11.6. The van der Waals surface area contributed by atoms with Gasteiger partial charge in [0.05, 0.1) is 17.9 Å². The molecule has 0 atom stereocenters. The Labute approximate surface area is 138 Å². The summed E-state index contributed by atoms with van der Waals surface area (Å²) >= 11 is 0. The zero-order valence-electron chi connectivity index (χ0n) is 13.5. The molecule has 24 heavy (non-hydrogen) atoms. The summed E-state index contributed by atoms with van der Waals surface area (Å²) in [5, 5.41) is 0. The highest BCUT2D eigenvalue weighted by atomic mass is 19.1. The highest BCUT2D eigenvalue weighted by Gasteiger charge is 2.14. The molecular weight excluding hydrogens is 311 g/mol. The van der Waals surface area contributed by atoms with Gasteiger partial charge in [0, 0.05) is 24.0 Å². The van der Waals surface area contributed by atoms with E-state index in [0.717, 1.165) is 5.69 Å². The first kappa shape index (κ1) is 16.0. The number of rotatable bonds is 5. The lowest BCUT2D eigenvalue weighted by Gasteiger charge is -2.10. The predicted octanol–water partition coefficient (Wildman–Crippen LogP) is 3.54. The Morgan fingerprint density at radius 3 is 2.83 bits per heavy atom. The van der Waals surface area contributed by atoms with Crippen molar-refractivity contribution in [2.45, 2.75) is 20.5 Å². The highest BCUT2D eigenvalue weighted by molar-refractivity contribution is 5.90. The number of ether oxygens (including phenoxy) is 2. The largest absolute Gasteiger partial charge is 0.485 e. The van der Waals surface area contributed by atoms with Crippen molar-refractivity contribution in [3.63, 3.8) is 0 Å². The van der Waals surface area contributed by atoms with E-state index in [0.29, 0.717) is 22.5 Å². The van der Waals surface area contributed by atoms with Crippen LogP contribution in [0.1, 0.15) is 28.5 Å². The van der Waals surface area contributed by atoms with Gasteiger partial charge in [-0.2, -0.15) is 0 Å². The quantitative estimate of drug-likeness (QED) is 0.672. The van der Waals surface area contributed by atoms with Gasteiger partial charge in [0.25, 0.3) is 0 Å². The van der Waals surface area contributed by atoms with E-state index in [1.165, 1.54) is 6.07 Å². The fourth-order valence-corrected chi connectivity index (χ4v) is 2.39. The number of pyridine rings is 1. The Bertz CT molecular complexity index is 889. The van der Waals surface area contributed by atoms with E-state index in [2.05, 4.69) is 4.98 Å². The van der Waals surface area contributed by atoms with Crippen molar-refractivity contribution in [2.75, 3.05) is 6.61 Å². The third-order valence-electron chi connectivity index (χ3n) is 3.49. The van der Waals surface area contributed by atoms with Crippen LogP contribution in [-0.4, -0.2) is 22.0 Å². The Morgan fingerprint density at radius 2 is 2.08 bits per heavy atom. The van der Waals surface area contributed by atoms with E-state index >= 15 is 0 Å². The monoisotopic (exact) mass is 328 g/mol. The number of nitrogens with zero attached hydrogens (tertiary/aromatic N) is 2. The molecule has 5 nitrogen and oxygen atoms in total. The summed E-state index contributed by atoms with van der Waals surface area (Å²) in [7, 11) is 0. The first-order valence-electron chi connectivity index (χ1n) is 7.61. The van der Waals surface area contributed by atoms with Gasteiger partial charge in [-0.1, -0.05) is 18.2 Å². The van der Waals surface area contributed by atoms with E-state index in [1.54, 1.807) is 48.0 Å². The lowest BCUT2D eigenvalue weighted by molar-refractivity contribution is 0.0525. The van der Waals surface area contributed by atoms with Crippen molar-refractivity contribution in [3.8, 4) is 5.75 Å². The summed E-state index contributed by atoms with van der Waals surface area (Å²) < 4.78 is 26.2. The Morgan fingerprint density at radius 1 is 1.29 bits per heavy atom. The lowest BCUT2D eigenvalue weighted by Crippen LogP contribution is -2.07. The van der Waals surface area contributed by atoms with Gasteiger partial charge in [-0.3, -0.25) is 0 Å². The molecule has 0 amide bonds. The molecule has 0 saturated heterocycles. The van der Waals surface area contributed by atoms with Crippen LogP contribution < -0.4 is 4.74 Å². The van der Waals surface area contributed by atoms with Crippen molar-refractivity contribution in [1.29, 1.82) is 0 Å². The molecule has 6 heteroatoms. The van der Waals surface area contributed by atoms with Crippen molar-refractivity contribution in [3.05, 3.63) is 65.4 Å². The van der Waals surface area contributed by atoms with E-state index in [1.807, 2.05) is 6.92 Å². The maximum atomic E-state index is 13.7. The topological polar surface area (TPSA) is 52.8 Å². The zero-order chi connectivity index (χ0) is 17.1. The second kappa shape index (κ2) is 6.70. The van der Waals surface area contributed by atoms with Crippen LogP contribution in [0, 0.1) is 12.7 Å². The third kappa shape index (κ3) is 3.22. The summed E-state index contributed by atoms with van der Waals surface area (Å²) in [6.45, 7) is 3.91. The number of carbonyl (C=O) groups excluding carboxylic acids is 1. The Balaban J connectivity index is 1.95. The number of hydrogen-bond acceptors (Lipinski definition) is 4. The average Bonchev–Trinajstić information content (AvgIpc) is 2.94. The van der Waals surface area contributed by atoms with Crippen LogP contribution in [0.2, 0.25) is 0 Å². The van der Waals surface area contributed by atoms with Gasteiger partial charge in [0.15, 0.2) is 11.4 Å². The van der Waals surface area contributed by atoms with Gasteiger partial charge < -0.3 is 13.9 Å². The van der Waals surface area contributed by atoms with Crippen molar-refractivity contribution in [1.82, 2.24) is 9.38 Å². The minimum absolute atomic E-state index is 0.0422. The number of carbonyl (C=O) groups is 1. The van der Waals surface area contributed by atoms with Gasteiger partial charge in [-0.25, -0.2) is 14.2 Å². The molecule has 0 fully saturated rings. The van der Waals surface area contributed by atoms with Crippen molar-refractivity contribution >= 4 is 11.6 Å². The van der Waals surface area contributed by atoms with Gasteiger partial charge in [-0.05, 0) is 19.9 Å². The second-order valence-electron chi connectivity index (χ2n) is 5.31. The molecule has 0 N–H and O–H groups in total. The summed E-state index contributed by atoms with van der Waals surface area (Å²) in [6.07, 6.45) is 3.43. The van der Waals surface area contributed by atoms with Crippen LogP contribution in [0.3, 0.4) is 0 Å². The summed E-state index contributed by atoms with van der Waals surface area (Å²) in [4.78, 5) is 16.4. The fourth-order valence-electron chi connectivity index (χ4n) is 2.39. The smallest absolute Gasteiger partial charge is 0.339 e. The number of halogens is 1. The molecular formula is C18H17FN2O3. The number of hydrogen-bond donors (Lipinski definition) is 0. The van der Waals surface area contributed by atoms with E-state index < -0.39 is 5.97 Å². The van der Waals surface area contributed by atoms with Crippen LogP contribution in [0.25, 0.3) is 5.65 Å². The lowest BCUT2D eigenvalue weighted by atomic mass is 10.2. The minimum atomic E-state index is -0.443. The molecule has 0 bridgehead atoms. The Hall–Kier alpha value is -2.89.